The van der Waals surface area contributed by atoms with Gasteiger partial charge in [0.15, 0.2) is 0 Å². The monoisotopic (exact) mass is 214 g/mol. The van der Waals surface area contributed by atoms with E-state index in [0.29, 0.717) is 0 Å². The van der Waals surface area contributed by atoms with Crippen molar-refractivity contribution in [3.8, 4) is 6.07 Å². The Hall–Kier alpha value is -1.79. The van der Waals surface area contributed by atoms with Crippen LogP contribution in [0.3, 0.4) is 0 Å². The number of benzene rings is 1. The Kier molecular flexibility index (Phi) is 2.67. The number of aromatic nitrogens is 1. The number of para-hydroxylation sites is 1. The molecule has 0 spiro atoms. The van der Waals surface area contributed by atoms with E-state index in [9.17, 15) is 5.26 Å². The fourth-order valence-electron chi connectivity index (χ4n) is 2.11. The van der Waals surface area contributed by atoms with Gasteiger partial charge < -0.3 is 9.47 Å². The molecule has 0 saturated carbocycles. The molecule has 82 valence electrons. The quantitative estimate of drug-likeness (QED) is 0.791. The smallest absolute Gasteiger partial charge is 0.202 e. The van der Waals surface area contributed by atoms with Crippen molar-refractivity contribution in [2.24, 2.45) is 7.05 Å². The van der Waals surface area contributed by atoms with Gasteiger partial charge in [-0.1, -0.05) is 18.2 Å². The molecule has 0 radical (unpaired) electrons. The predicted molar refractivity (Wildman–Crippen MR) is 64.1 cm³/mol. The van der Waals surface area contributed by atoms with Crippen molar-refractivity contribution in [2.45, 2.75) is 6.04 Å². The maximum atomic E-state index is 9.24. The summed E-state index contributed by atoms with van der Waals surface area (Å²) >= 11 is 0. The predicted octanol–water partition coefficient (Wildman–Crippen LogP) is 0.887. The van der Waals surface area contributed by atoms with E-state index in [1.54, 1.807) is 0 Å². The second-order valence-electron chi connectivity index (χ2n) is 4.35. The molecule has 1 aromatic heterocycles. The Labute approximate surface area is 95.5 Å². The molecule has 1 aromatic carbocycles. The first-order chi connectivity index (χ1) is 7.65. The molecule has 1 heterocycles. The molecule has 1 N–H and O–H groups in total. The van der Waals surface area contributed by atoms with Gasteiger partial charge in [-0.05, 0) is 6.07 Å². The molecule has 0 aliphatic heterocycles. The van der Waals surface area contributed by atoms with Crippen molar-refractivity contribution in [1.82, 2.24) is 4.57 Å². The molecule has 0 aliphatic carbocycles. The van der Waals surface area contributed by atoms with E-state index in [4.69, 9.17) is 0 Å². The Bertz CT molecular complexity index is 546. The minimum absolute atomic E-state index is 0.105. The summed E-state index contributed by atoms with van der Waals surface area (Å²) in [4.78, 5) is 1.14. The number of nitrogens with one attached hydrogen (secondary N) is 1. The van der Waals surface area contributed by atoms with E-state index >= 15 is 0 Å². The highest BCUT2D eigenvalue weighted by Gasteiger charge is 2.21. The molecule has 2 rings (SSSR count). The van der Waals surface area contributed by atoms with E-state index in [1.807, 2.05) is 33.3 Å². The standard InChI is InChI=1S/C13H15N3/c1-15(2)13(8-14)11-9-16(3)12-7-5-4-6-10(11)12/h4-7,9,13H,1-3H3/p+1/t13-/m1/s1. The summed E-state index contributed by atoms with van der Waals surface area (Å²) in [5, 5.41) is 10.4. The van der Waals surface area contributed by atoms with Crippen molar-refractivity contribution in [1.29, 1.82) is 5.26 Å². The van der Waals surface area contributed by atoms with E-state index in [-0.39, 0.29) is 6.04 Å². The van der Waals surface area contributed by atoms with Gasteiger partial charge in [0.05, 0.1) is 14.1 Å². The number of quaternary nitrogens is 1. The fraction of sp³-hybridized carbons (Fsp3) is 0.308. The number of hydrogen-bond acceptors (Lipinski definition) is 1. The lowest BCUT2D eigenvalue weighted by molar-refractivity contribution is -0.882. The van der Waals surface area contributed by atoms with Gasteiger partial charge in [0.1, 0.15) is 6.07 Å². The molecule has 0 amide bonds. The first kappa shape index (κ1) is 10.7. The Balaban J connectivity index is 2.66. The third-order valence-electron chi connectivity index (χ3n) is 2.95. The minimum Gasteiger partial charge on any atom is -0.350 e. The summed E-state index contributed by atoms with van der Waals surface area (Å²) in [5.41, 5.74) is 2.29. The maximum absolute atomic E-state index is 9.24. The van der Waals surface area contributed by atoms with Crippen LogP contribution >= 0.6 is 0 Å². The van der Waals surface area contributed by atoms with Crippen LogP contribution in [0.25, 0.3) is 10.9 Å². The molecule has 0 bridgehead atoms. The van der Waals surface area contributed by atoms with Crippen molar-refractivity contribution < 1.29 is 4.90 Å². The highest BCUT2D eigenvalue weighted by molar-refractivity contribution is 5.84. The zero-order chi connectivity index (χ0) is 11.7. The first-order valence-electron chi connectivity index (χ1n) is 5.38. The van der Waals surface area contributed by atoms with E-state index in [2.05, 4.69) is 29.0 Å². The van der Waals surface area contributed by atoms with Crippen LogP contribution in [0.2, 0.25) is 0 Å². The van der Waals surface area contributed by atoms with Gasteiger partial charge in [0, 0.05) is 29.7 Å². The second-order valence-corrected chi connectivity index (χ2v) is 4.35. The van der Waals surface area contributed by atoms with E-state index in [1.165, 1.54) is 10.9 Å². The number of rotatable bonds is 2. The summed E-state index contributed by atoms with van der Waals surface area (Å²) in [6.45, 7) is 0. The molecule has 3 nitrogen and oxygen atoms in total. The summed E-state index contributed by atoms with van der Waals surface area (Å²) < 4.78 is 2.08. The topological polar surface area (TPSA) is 33.2 Å². The van der Waals surface area contributed by atoms with Crippen LogP contribution in [0.5, 0.6) is 0 Å². The van der Waals surface area contributed by atoms with Crippen molar-refractivity contribution in [3.05, 3.63) is 36.0 Å². The lowest BCUT2D eigenvalue weighted by atomic mass is 10.1. The minimum atomic E-state index is -0.105. The number of fused-ring (bicyclic) bond motifs is 1. The van der Waals surface area contributed by atoms with Crippen LogP contribution in [0.15, 0.2) is 30.5 Å². The van der Waals surface area contributed by atoms with E-state index in [0.717, 1.165) is 10.5 Å². The van der Waals surface area contributed by atoms with Gasteiger partial charge in [-0.25, -0.2) is 0 Å². The molecule has 0 unspecified atom stereocenters. The molecule has 3 heteroatoms. The van der Waals surface area contributed by atoms with Crippen LogP contribution in [0.1, 0.15) is 11.6 Å². The molecule has 1 atom stereocenters. The van der Waals surface area contributed by atoms with Gasteiger partial charge in [-0.3, -0.25) is 0 Å². The molecular formula is C13H16N3+. The van der Waals surface area contributed by atoms with Crippen molar-refractivity contribution >= 4 is 10.9 Å². The van der Waals surface area contributed by atoms with Gasteiger partial charge in [-0.2, -0.15) is 5.26 Å². The average molecular weight is 214 g/mol. The summed E-state index contributed by atoms with van der Waals surface area (Å²) in [6, 6.07) is 10.5. The molecule has 0 saturated heterocycles. The highest BCUT2D eigenvalue weighted by Crippen LogP contribution is 2.23. The summed E-state index contributed by atoms with van der Waals surface area (Å²) in [7, 11) is 6.04. The zero-order valence-corrected chi connectivity index (χ0v) is 9.86. The normalized spacial score (nSPS) is 12.9. The molecule has 0 aliphatic rings. The van der Waals surface area contributed by atoms with Crippen LogP contribution in [-0.4, -0.2) is 18.7 Å². The molecule has 16 heavy (non-hydrogen) atoms. The van der Waals surface area contributed by atoms with Gasteiger partial charge in [0.25, 0.3) is 0 Å². The first-order valence-corrected chi connectivity index (χ1v) is 5.38. The van der Waals surface area contributed by atoms with E-state index < -0.39 is 0 Å². The van der Waals surface area contributed by atoms with Gasteiger partial charge in [-0.15, -0.1) is 0 Å². The fourth-order valence-corrected chi connectivity index (χ4v) is 2.11. The van der Waals surface area contributed by atoms with Crippen LogP contribution in [-0.2, 0) is 7.05 Å². The summed E-state index contributed by atoms with van der Waals surface area (Å²) in [5.74, 6) is 0. The molecule has 0 fully saturated rings. The Morgan fingerprint density at radius 3 is 2.62 bits per heavy atom. The third-order valence-corrected chi connectivity index (χ3v) is 2.95. The number of nitrogens with zero attached hydrogens (tertiary/aromatic N) is 2. The third kappa shape index (κ3) is 1.58. The lowest BCUT2D eigenvalue weighted by Crippen LogP contribution is -3.06. The van der Waals surface area contributed by atoms with Gasteiger partial charge >= 0.3 is 0 Å². The molecule has 2 aromatic rings. The Morgan fingerprint density at radius 1 is 1.31 bits per heavy atom. The lowest BCUT2D eigenvalue weighted by Gasteiger charge is -2.13. The highest BCUT2D eigenvalue weighted by atomic mass is 15.1. The number of nitriles is 1. The SMILES string of the molecule is Cn1cc([C@@H](C#N)[NH+](C)C)c2ccccc21. The van der Waals surface area contributed by atoms with Crippen LogP contribution in [0, 0.1) is 11.3 Å². The largest absolute Gasteiger partial charge is 0.350 e. The van der Waals surface area contributed by atoms with Crippen LogP contribution in [0.4, 0.5) is 0 Å². The second kappa shape index (κ2) is 3.99. The van der Waals surface area contributed by atoms with Gasteiger partial charge in [0.2, 0.25) is 6.04 Å². The zero-order valence-electron chi connectivity index (χ0n) is 9.86. The molecular weight excluding hydrogens is 198 g/mol. The maximum Gasteiger partial charge on any atom is 0.202 e. The van der Waals surface area contributed by atoms with Crippen LogP contribution < -0.4 is 4.90 Å². The number of hydrogen-bond donors (Lipinski definition) is 1. The summed E-state index contributed by atoms with van der Waals surface area (Å²) in [6.07, 6.45) is 2.06. The number of aryl methyl sites for hydroxylation is 1. The van der Waals surface area contributed by atoms with Crippen molar-refractivity contribution in [3.63, 3.8) is 0 Å². The van der Waals surface area contributed by atoms with Crippen molar-refractivity contribution in [2.75, 3.05) is 14.1 Å². The Morgan fingerprint density at radius 2 is 2.00 bits per heavy atom. The average Bonchev–Trinajstić information content (AvgIpc) is 2.58.